The molecule has 4 aliphatic rings. The number of carbonyl (C=O) groups excluding carboxylic acids is 2. The summed E-state index contributed by atoms with van der Waals surface area (Å²) in [5.41, 5.74) is -0.693. The molecule has 0 radical (unpaired) electrons. The highest BCUT2D eigenvalue weighted by atomic mass is 32.2. The quantitative estimate of drug-likeness (QED) is 0.602. The third kappa shape index (κ3) is 4.55. The Morgan fingerprint density at radius 1 is 1.00 bits per heavy atom. The number of ether oxygens (including phenoxy) is 1. The number of piperidine rings is 1. The second kappa shape index (κ2) is 7.07. The highest BCUT2D eigenvalue weighted by Gasteiger charge is 2.49. The lowest BCUT2D eigenvalue weighted by molar-refractivity contribution is -0.0204. The second-order valence-electron chi connectivity index (χ2n) is 10.0. The van der Waals surface area contributed by atoms with Crippen LogP contribution in [0.2, 0.25) is 0 Å². The number of carbonyl (C=O) groups is 2. The van der Waals surface area contributed by atoms with Crippen molar-refractivity contribution >= 4 is 22.0 Å². The number of nitrogens with zero attached hydrogens (tertiary/aromatic N) is 3. The molecule has 0 aromatic heterocycles. The van der Waals surface area contributed by atoms with Crippen LogP contribution in [0.25, 0.3) is 0 Å². The summed E-state index contributed by atoms with van der Waals surface area (Å²) in [5.74, 6) is 0.225. The number of amides is 3. The fraction of sp³-hybridized carbons (Fsp3) is 0.895. The molecule has 2 bridgehead atoms. The molecule has 4 fully saturated rings. The molecule has 4 aliphatic heterocycles. The summed E-state index contributed by atoms with van der Waals surface area (Å²) in [5, 5.41) is 0. The lowest BCUT2D eigenvalue weighted by Crippen LogP contribution is -2.57. The third-order valence-corrected chi connectivity index (χ3v) is 7.54. The molecule has 160 valence electrons. The molecule has 0 aromatic rings. The number of hydrogen-bond donors (Lipinski definition) is 0. The van der Waals surface area contributed by atoms with E-state index in [9.17, 15) is 18.0 Å². The van der Waals surface area contributed by atoms with Gasteiger partial charge in [-0.1, -0.05) is 13.8 Å². The minimum absolute atomic E-state index is 0.0228. The van der Waals surface area contributed by atoms with Gasteiger partial charge in [0.1, 0.15) is 5.60 Å². The van der Waals surface area contributed by atoms with E-state index >= 15 is 0 Å². The highest BCUT2D eigenvalue weighted by Crippen LogP contribution is 2.42. The van der Waals surface area contributed by atoms with Gasteiger partial charge in [0.25, 0.3) is 0 Å². The van der Waals surface area contributed by atoms with E-state index in [2.05, 4.69) is 13.8 Å². The molecular formula is C19H33N3O5S. The minimum atomic E-state index is -3.03. The van der Waals surface area contributed by atoms with Gasteiger partial charge in [0.15, 0.2) is 9.84 Å². The van der Waals surface area contributed by atoms with E-state index in [4.69, 9.17) is 4.74 Å². The van der Waals surface area contributed by atoms with Crippen molar-refractivity contribution in [1.82, 2.24) is 14.7 Å². The Morgan fingerprint density at radius 3 is 2.18 bits per heavy atom. The van der Waals surface area contributed by atoms with Crippen LogP contribution in [0.1, 0.15) is 41.0 Å². The summed E-state index contributed by atoms with van der Waals surface area (Å²) in [6, 6.07) is -0.243. The van der Waals surface area contributed by atoms with E-state index in [1.807, 2.05) is 25.7 Å². The molecule has 3 amide bonds. The molecule has 0 aliphatic carbocycles. The van der Waals surface area contributed by atoms with Crippen molar-refractivity contribution in [2.24, 2.45) is 11.3 Å². The average molecular weight is 416 g/mol. The molecule has 9 heteroatoms. The maximum atomic E-state index is 13.1. The van der Waals surface area contributed by atoms with Crippen LogP contribution in [0.4, 0.5) is 9.59 Å². The Morgan fingerprint density at radius 2 is 1.61 bits per heavy atom. The standard InChI is InChI=1S/C19H33N3O5S/c1-18(2,3)27-17(24)22-12-14-10-19(4,5)15(22)13-21(11-14)16(23)20-6-8-28(25,26)9-7-20/h14-15H,6-13H2,1-5H3/t14-,15?/m1/s1. The van der Waals surface area contributed by atoms with Crippen molar-refractivity contribution in [2.75, 3.05) is 44.2 Å². The lowest BCUT2D eigenvalue weighted by Gasteiger charge is -2.46. The Labute approximate surface area is 168 Å². The summed E-state index contributed by atoms with van der Waals surface area (Å²) >= 11 is 0. The van der Waals surface area contributed by atoms with E-state index in [1.54, 1.807) is 9.80 Å². The average Bonchev–Trinajstić information content (AvgIpc) is 2.79. The third-order valence-electron chi connectivity index (χ3n) is 5.93. The Balaban J connectivity index is 1.76. The number of hydrogen-bond acceptors (Lipinski definition) is 5. The molecule has 0 N–H and O–H groups in total. The van der Waals surface area contributed by atoms with Gasteiger partial charge >= 0.3 is 12.1 Å². The zero-order chi connectivity index (χ0) is 20.9. The molecule has 28 heavy (non-hydrogen) atoms. The molecule has 4 heterocycles. The van der Waals surface area contributed by atoms with E-state index in [1.165, 1.54) is 0 Å². The van der Waals surface area contributed by atoms with E-state index in [0.717, 1.165) is 6.42 Å². The SMILES string of the molecule is CC(C)(C)OC(=O)N1C[C@H]2CN(C(=O)N3CCS(=O)(=O)CC3)CC1C(C)(C)C2. The molecule has 2 atom stereocenters. The van der Waals surface area contributed by atoms with Crippen molar-refractivity contribution < 1.29 is 22.7 Å². The molecule has 8 nitrogen and oxygen atoms in total. The van der Waals surface area contributed by atoms with Crippen molar-refractivity contribution in [3.05, 3.63) is 0 Å². The summed E-state index contributed by atoms with van der Waals surface area (Å²) in [7, 11) is -3.03. The molecule has 0 aromatic carbocycles. The first kappa shape index (κ1) is 21.2. The van der Waals surface area contributed by atoms with Crippen LogP contribution in [0, 0.1) is 11.3 Å². The van der Waals surface area contributed by atoms with Gasteiger partial charge in [-0.05, 0) is 38.5 Å². The fourth-order valence-electron chi connectivity index (χ4n) is 4.62. The topological polar surface area (TPSA) is 87.2 Å². The van der Waals surface area contributed by atoms with Gasteiger partial charge in [0, 0.05) is 32.7 Å². The normalized spacial score (nSPS) is 29.4. The summed E-state index contributed by atoms with van der Waals surface area (Å²) in [4.78, 5) is 31.1. The first-order valence-corrected chi connectivity index (χ1v) is 11.8. The van der Waals surface area contributed by atoms with Crippen molar-refractivity contribution in [3.8, 4) is 0 Å². The Kier molecular flexibility index (Phi) is 5.36. The van der Waals surface area contributed by atoms with Crippen LogP contribution in [-0.4, -0.2) is 91.1 Å². The number of rotatable bonds is 0. The van der Waals surface area contributed by atoms with Gasteiger partial charge in [-0.3, -0.25) is 0 Å². The van der Waals surface area contributed by atoms with Crippen LogP contribution in [-0.2, 0) is 14.6 Å². The van der Waals surface area contributed by atoms with Gasteiger partial charge in [0.05, 0.1) is 17.5 Å². The molecule has 4 rings (SSSR count). The number of fused-ring (bicyclic) bond motifs is 4. The zero-order valence-corrected chi connectivity index (χ0v) is 18.4. The molecule has 1 unspecified atom stereocenters. The molecular weight excluding hydrogens is 382 g/mol. The molecule has 0 saturated carbocycles. The van der Waals surface area contributed by atoms with Crippen molar-refractivity contribution in [1.29, 1.82) is 0 Å². The van der Waals surface area contributed by atoms with Gasteiger partial charge < -0.3 is 19.4 Å². The summed E-state index contributed by atoms with van der Waals surface area (Å²) < 4.78 is 29.0. The molecule has 4 saturated heterocycles. The first-order valence-electron chi connectivity index (χ1n) is 10.0. The summed E-state index contributed by atoms with van der Waals surface area (Å²) in [6.07, 6.45) is 0.614. The number of urea groups is 1. The van der Waals surface area contributed by atoms with Crippen LogP contribution in [0.3, 0.4) is 0 Å². The van der Waals surface area contributed by atoms with Gasteiger partial charge in [-0.25, -0.2) is 18.0 Å². The monoisotopic (exact) mass is 415 g/mol. The minimum Gasteiger partial charge on any atom is -0.444 e. The fourth-order valence-corrected chi connectivity index (χ4v) is 5.82. The first-order chi connectivity index (χ1) is 12.8. The highest BCUT2D eigenvalue weighted by molar-refractivity contribution is 7.91. The van der Waals surface area contributed by atoms with E-state index < -0.39 is 15.4 Å². The largest absolute Gasteiger partial charge is 0.444 e. The maximum Gasteiger partial charge on any atom is 0.410 e. The van der Waals surface area contributed by atoms with Crippen LogP contribution in [0.5, 0.6) is 0 Å². The van der Waals surface area contributed by atoms with Crippen LogP contribution < -0.4 is 0 Å². The maximum absolute atomic E-state index is 13.1. The number of sulfone groups is 1. The van der Waals surface area contributed by atoms with E-state index in [-0.39, 0.29) is 54.1 Å². The van der Waals surface area contributed by atoms with Crippen molar-refractivity contribution in [3.63, 3.8) is 0 Å². The Bertz CT molecular complexity index is 729. The zero-order valence-electron chi connectivity index (χ0n) is 17.6. The van der Waals surface area contributed by atoms with E-state index in [0.29, 0.717) is 19.6 Å². The van der Waals surface area contributed by atoms with Gasteiger partial charge in [-0.15, -0.1) is 0 Å². The second-order valence-corrected chi connectivity index (χ2v) is 12.3. The van der Waals surface area contributed by atoms with Crippen LogP contribution in [0.15, 0.2) is 0 Å². The van der Waals surface area contributed by atoms with Crippen molar-refractivity contribution in [2.45, 2.75) is 52.7 Å². The van der Waals surface area contributed by atoms with Gasteiger partial charge in [-0.2, -0.15) is 0 Å². The molecule has 0 spiro atoms. The van der Waals surface area contributed by atoms with Crippen LogP contribution >= 0.6 is 0 Å². The summed E-state index contributed by atoms with van der Waals surface area (Å²) in [6.45, 7) is 11.9. The predicted molar refractivity (Wildman–Crippen MR) is 106 cm³/mol. The smallest absolute Gasteiger partial charge is 0.410 e. The predicted octanol–water partition coefficient (Wildman–Crippen LogP) is 1.80. The lowest BCUT2D eigenvalue weighted by atomic mass is 9.74. The van der Waals surface area contributed by atoms with Gasteiger partial charge in [0.2, 0.25) is 0 Å². The Hall–Kier alpha value is -1.51.